The van der Waals surface area contributed by atoms with Crippen LogP contribution in [-0.2, 0) is 11.8 Å². The molecule has 1 fully saturated rings. The zero-order valence-electron chi connectivity index (χ0n) is 15.9. The van der Waals surface area contributed by atoms with Gasteiger partial charge < -0.3 is 4.57 Å². The number of carbonyl (C=O) groups excluding carboxylic acids is 1. The summed E-state index contributed by atoms with van der Waals surface area (Å²) in [7, 11) is 2.04. The van der Waals surface area contributed by atoms with Gasteiger partial charge in [-0.25, -0.2) is 0 Å². The molecule has 0 radical (unpaired) electrons. The molecule has 5 heteroatoms. The van der Waals surface area contributed by atoms with Gasteiger partial charge in [-0.15, -0.1) is 0 Å². The van der Waals surface area contributed by atoms with Crippen molar-refractivity contribution >= 4 is 39.8 Å². The maximum atomic E-state index is 13.0. The third-order valence-electron chi connectivity index (χ3n) is 4.60. The van der Waals surface area contributed by atoms with Crippen molar-refractivity contribution in [3.05, 3.63) is 40.9 Å². The number of benzene rings is 1. The molecular formula is C21H27N3OS. The van der Waals surface area contributed by atoms with Crippen molar-refractivity contribution in [3.63, 3.8) is 0 Å². The lowest BCUT2D eigenvalue weighted by Crippen LogP contribution is -2.30. The van der Waals surface area contributed by atoms with Crippen LogP contribution in [0.1, 0.15) is 45.1 Å². The summed E-state index contributed by atoms with van der Waals surface area (Å²) in [5, 5.41) is 2.04. The van der Waals surface area contributed by atoms with E-state index in [-0.39, 0.29) is 5.91 Å². The second-order valence-corrected chi connectivity index (χ2v) is 7.66. The van der Waals surface area contributed by atoms with Gasteiger partial charge in [0.15, 0.2) is 5.17 Å². The van der Waals surface area contributed by atoms with Crippen LogP contribution in [0.3, 0.4) is 0 Å². The van der Waals surface area contributed by atoms with E-state index < -0.39 is 0 Å². The summed E-state index contributed by atoms with van der Waals surface area (Å²) in [6.07, 6.45) is 8.36. The lowest BCUT2D eigenvalue weighted by molar-refractivity contribution is -0.122. The van der Waals surface area contributed by atoms with E-state index in [0.717, 1.165) is 54.4 Å². The van der Waals surface area contributed by atoms with Gasteiger partial charge in [0.1, 0.15) is 0 Å². The fourth-order valence-electron chi connectivity index (χ4n) is 3.10. The lowest BCUT2D eigenvalue weighted by atomic mass is 10.1. The van der Waals surface area contributed by atoms with Gasteiger partial charge in [0.2, 0.25) is 0 Å². The highest BCUT2D eigenvalue weighted by molar-refractivity contribution is 8.18. The first-order valence-corrected chi connectivity index (χ1v) is 10.3. The Kier molecular flexibility index (Phi) is 6.20. The van der Waals surface area contributed by atoms with E-state index in [1.807, 2.05) is 30.2 Å². The van der Waals surface area contributed by atoms with Gasteiger partial charge in [0, 0.05) is 42.8 Å². The number of hydrogen-bond donors (Lipinski definition) is 0. The summed E-state index contributed by atoms with van der Waals surface area (Å²) in [4.78, 5) is 20.3. The van der Waals surface area contributed by atoms with Gasteiger partial charge in [0.05, 0.1) is 4.91 Å². The first-order chi connectivity index (χ1) is 12.7. The molecule has 26 heavy (non-hydrogen) atoms. The Bertz CT molecular complexity index is 850. The van der Waals surface area contributed by atoms with Crippen LogP contribution in [0, 0.1) is 0 Å². The molecule has 3 rings (SSSR count). The Labute approximate surface area is 160 Å². The van der Waals surface area contributed by atoms with Gasteiger partial charge in [-0.1, -0.05) is 44.9 Å². The minimum Gasteiger partial charge on any atom is -0.350 e. The Morgan fingerprint density at radius 2 is 1.92 bits per heavy atom. The summed E-state index contributed by atoms with van der Waals surface area (Å²) in [5.74, 6) is 0.0895. The Morgan fingerprint density at radius 3 is 2.69 bits per heavy atom. The SMILES string of the molecule is CCCCN=C1S/C(=C/c2cn(C)c3ccccc23)C(=O)N1CCCC. The number of nitrogens with zero attached hydrogens (tertiary/aromatic N) is 3. The van der Waals surface area contributed by atoms with E-state index in [1.165, 1.54) is 22.7 Å². The van der Waals surface area contributed by atoms with E-state index in [9.17, 15) is 4.79 Å². The Hall–Kier alpha value is -2.01. The highest BCUT2D eigenvalue weighted by Crippen LogP contribution is 2.34. The smallest absolute Gasteiger partial charge is 0.266 e. The number of unbranched alkanes of at least 4 members (excludes halogenated alkanes) is 2. The number of carbonyl (C=O) groups is 1. The molecule has 138 valence electrons. The third-order valence-corrected chi connectivity index (χ3v) is 5.64. The van der Waals surface area contributed by atoms with Crippen molar-refractivity contribution in [3.8, 4) is 0 Å². The summed E-state index contributed by atoms with van der Waals surface area (Å²) in [6.45, 7) is 5.85. The van der Waals surface area contributed by atoms with E-state index in [4.69, 9.17) is 4.99 Å². The van der Waals surface area contributed by atoms with E-state index in [0.29, 0.717) is 0 Å². The van der Waals surface area contributed by atoms with Crippen LogP contribution in [0.4, 0.5) is 0 Å². The molecule has 4 nitrogen and oxygen atoms in total. The van der Waals surface area contributed by atoms with Gasteiger partial charge in [0.25, 0.3) is 5.91 Å². The van der Waals surface area contributed by atoms with Crippen LogP contribution in [0.5, 0.6) is 0 Å². The van der Waals surface area contributed by atoms with Crippen molar-refractivity contribution in [2.45, 2.75) is 39.5 Å². The van der Waals surface area contributed by atoms with Gasteiger partial charge >= 0.3 is 0 Å². The number of thioether (sulfide) groups is 1. The number of rotatable bonds is 7. The molecule has 0 bridgehead atoms. The van der Waals surface area contributed by atoms with Gasteiger partial charge in [-0.05, 0) is 36.7 Å². The topological polar surface area (TPSA) is 37.6 Å². The van der Waals surface area contributed by atoms with Crippen LogP contribution >= 0.6 is 11.8 Å². The third kappa shape index (κ3) is 3.88. The number of aromatic nitrogens is 1. The molecular weight excluding hydrogens is 342 g/mol. The van der Waals surface area contributed by atoms with Gasteiger partial charge in [-0.3, -0.25) is 14.7 Å². The second kappa shape index (κ2) is 8.58. The van der Waals surface area contributed by atoms with Crippen molar-refractivity contribution in [2.75, 3.05) is 13.1 Å². The number of aliphatic imine (C=N–C) groups is 1. The molecule has 0 unspecified atom stereocenters. The molecule has 0 aliphatic carbocycles. The molecule has 1 aromatic heterocycles. The highest BCUT2D eigenvalue weighted by Gasteiger charge is 2.32. The summed E-state index contributed by atoms with van der Waals surface area (Å²) in [6, 6.07) is 8.29. The van der Waals surface area contributed by atoms with Crippen molar-refractivity contribution in [1.29, 1.82) is 0 Å². The molecule has 0 spiro atoms. The number of para-hydroxylation sites is 1. The van der Waals surface area contributed by atoms with Crippen molar-refractivity contribution in [1.82, 2.24) is 9.47 Å². The average Bonchev–Trinajstić information content (AvgIpc) is 3.12. The predicted octanol–water partition coefficient (Wildman–Crippen LogP) is 5.05. The zero-order valence-corrected chi connectivity index (χ0v) is 16.7. The molecule has 1 saturated heterocycles. The minimum atomic E-state index is 0.0895. The molecule has 0 N–H and O–H groups in total. The van der Waals surface area contributed by atoms with E-state index in [1.54, 1.807) is 0 Å². The molecule has 1 aromatic carbocycles. The Balaban J connectivity index is 1.92. The fourth-order valence-corrected chi connectivity index (χ4v) is 4.12. The molecule has 1 amide bonds. The maximum absolute atomic E-state index is 13.0. The lowest BCUT2D eigenvalue weighted by Gasteiger charge is -2.14. The summed E-state index contributed by atoms with van der Waals surface area (Å²) >= 11 is 1.52. The van der Waals surface area contributed by atoms with Gasteiger partial charge in [-0.2, -0.15) is 0 Å². The van der Waals surface area contributed by atoms with E-state index in [2.05, 4.69) is 36.7 Å². The van der Waals surface area contributed by atoms with Crippen LogP contribution in [0.2, 0.25) is 0 Å². The molecule has 0 saturated carbocycles. The Morgan fingerprint density at radius 1 is 1.15 bits per heavy atom. The molecule has 1 aliphatic heterocycles. The molecule has 1 aliphatic rings. The number of fused-ring (bicyclic) bond motifs is 1. The summed E-state index contributed by atoms with van der Waals surface area (Å²) < 4.78 is 2.11. The van der Waals surface area contributed by atoms with Crippen LogP contribution in [-0.4, -0.2) is 33.6 Å². The first kappa shape index (κ1) is 18.8. The molecule has 2 heterocycles. The highest BCUT2D eigenvalue weighted by atomic mass is 32.2. The monoisotopic (exact) mass is 369 g/mol. The standard InChI is InChI=1S/C21H27N3OS/c1-4-6-12-22-21-24(13-7-5-2)20(25)19(26-21)14-16-15-23(3)18-11-9-8-10-17(16)18/h8-11,14-15H,4-7,12-13H2,1-3H3/b19-14+,22-21?. The van der Waals surface area contributed by atoms with Crippen molar-refractivity contribution < 1.29 is 4.79 Å². The van der Waals surface area contributed by atoms with Crippen molar-refractivity contribution in [2.24, 2.45) is 12.0 Å². The zero-order chi connectivity index (χ0) is 18.5. The number of hydrogen-bond acceptors (Lipinski definition) is 3. The minimum absolute atomic E-state index is 0.0895. The van der Waals surface area contributed by atoms with Crippen LogP contribution in [0.15, 0.2) is 40.4 Å². The van der Waals surface area contributed by atoms with E-state index >= 15 is 0 Å². The number of amides is 1. The predicted molar refractivity (Wildman–Crippen MR) is 112 cm³/mol. The normalized spacial score (nSPS) is 18.0. The second-order valence-electron chi connectivity index (χ2n) is 6.65. The average molecular weight is 370 g/mol. The largest absolute Gasteiger partial charge is 0.350 e. The fraction of sp³-hybridized carbons (Fsp3) is 0.429. The number of aryl methyl sites for hydroxylation is 1. The quantitative estimate of drug-likeness (QED) is 0.506. The maximum Gasteiger partial charge on any atom is 0.266 e. The first-order valence-electron chi connectivity index (χ1n) is 9.45. The van der Waals surface area contributed by atoms with Crippen LogP contribution in [0.25, 0.3) is 17.0 Å². The summed E-state index contributed by atoms with van der Waals surface area (Å²) in [5.41, 5.74) is 2.26. The number of amidine groups is 1. The molecule has 2 aromatic rings. The molecule has 0 atom stereocenters. The van der Waals surface area contributed by atoms with Crippen LogP contribution < -0.4 is 0 Å².